The van der Waals surface area contributed by atoms with Gasteiger partial charge in [0.1, 0.15) is 18.0 Å². The molecule has 0 spiro atoms. The first-order valence-corrected chi connectivity index (χ1v) is 12.3. The van der Waals surface area contributed by atoms with Crippen molar-refractivity contribution in [1.29, 1.82) is 0 Å². The summed E-state index contributed by atoms with van der Waals surface area (Å²) in [6.07, 6.45) is 2.53. The van der Waals surface area contributed by atoms with Crippen LogP contribution in [0.5, 0.6) is 5.75 Å². The van der Waals surface area contributed by atoms with E-state index in [1.54, 1.807) is 30.3 Å². The molecule has 0 fully saturated rings. The molecule has 6 rings (SSSR count). The topological polar surface area (TPSA) is 92.2 Å². The van der Waals surface area contributed by atoms with E-state index >= 15 is 0 Å². The van der Waals surface area contributed by atoms with Crippen molar-refractivity contribution in [2.45, 2.75) is 19.0 Å². The molecule has 0 radical (unpaired) electrons. The van der Waals surface area contributed by atoms with E-state index in [0.29, 0.717) is 24.5 Å². The lowest BCUT2D eigenvalue weighted by molar-refractivity contribution is 0.0608. The SMILES string of the molecule is COc1ccc2c(c1)cc1n2C(=O)CN(C[C@H](Cc2ccccc2)NCc2ccc3cn[nH]c3c2)C1=O. The Hall–Kier alpha value is -4.43. The van der Waals surface area contributed by atoms with Gasteiger partial charge in [-0.05, 0) is 47.9 Å². The highest BCUT2D eigenvalue weighted by Crippen LogP contribution is 2.28. The number of aromatic amines is 1. The Balaban J connectivity index is 1.25. The highest BCUT2D eigenvalue weighted by atomic mass is 16.5. The molecule has 186 valence electrons. The second-order valence-corrected chi connectivity index (χ2v) is 9.43. The van der Waals surface area contributed by atoms with Gasteiger partial charge in [0.2, 0.25) is 0 Å². The lowest BCUT2D eigenvalue weighted by atomic mass is 10.0. The Kier molecular flexibility index (Phi) is 5.94. The van der Waals surface area contributed by atoms with Crippen molar-refractivity contribution in [3.05, 3.63) is 95.8 Å². The van der Waals surface area contributed by atoms with Gasteiger partial charge < -0.3 is 15.0 Å². The molecule has 1 aliphatic rings. The van der Waals surface area contributed by atoms with Gasteiger partial charge in [-0.15, -0.1) is 0 Å². The second kappa shape index (κ2) is 9.55. The van der Waals surface area contributed by atoms with E-state index < -0.39 is 0 Å². The van der Waals surface area contributed by atoms with Gasteiger partial charge in [0.25, 0.3) is 11.8 Å². The fourth-order valence-corrected chi connectivity index (χ4v) is 5.08. The lowest BCUT2D eigenvalue weighted by Gasteiger charge is -2.31. The molecular formula is C29H27N5O3. The van der Waals surface area contributed by atoms with Crippen LogP contribution >= 0.6 is 0 Å². The van der Waals surface area contributed by atoms with Crippen LogP contribution in [0.1, 0.15) is 26.4 Å². The Morgan fingerprint density at radius 3 is 2.70 bits per heavy atom. The number of rotatable bonds is 8. The van der Waals surface area contributed by atoms with Crippen LogP contribution < -0.4 is 10.1 Å². The number of aromatic nitrogens is 3. The summed E-state index contributed by atoms with van der Waals surface area (Å²) in [5.74, 6) is 0.430. The quantitative estimate of drug-likeness (QED) is 0.341. The van der Waals surface area contributed by atoms with Gasteiger partial charge in [-0.2, -0.15) is 5.10 Å². The molecule has 5 aromatic rings. The van der Waals surface area contributed by atoms with Gasteiger partial charge in [0.15, 0.2) is 0 Å². The van der Waals surface area contributed by atoms with E-state index in [4.69, 9.17) is 4.74 Å². The Morgan fingerprint density at radius 1 is 1.00 bits per heavy atom. The molecule has 37 heavy (non-hydrogen) atoms. The molecule has 0 unspecified atom stereocenters. The maximum Gasteiger partial charge on any atom is 0.271 e. The van der Waals surface area contributed by atoms with E-state index in [-0.39, 0.29) is 24.4 Å². The molecule has 8 nitrogen and oxygen atoms in total. The number of methoxy groups -OCH3 is 1. The first-order chi connectivity index (χ1) is 18.1. The van der Waals surface area contributed by atoms with Crippen molar-refractivity contribution in [1.82, 2.24) is 25.0 Å². The zero-order valence-electron chi connectivity index (χ0n) is 20.5. The number of hydrogen-bond acceptors (Lipinski definition) is 5. The van der Waals surface area contributed by atoms with Crippen molar-refractivity contribution < 1.29 is 14.3 Å². The smallest absolute Gasteiger partial charge is 0.271 e. The number of amides is 1. The summed E-state index contributed by atoms with van der Waals surface area (Å²) in [5, 5.41) is 12.6. The number of nitrogens with zero attached hydrogens (tertiary/aromatic N) is 3. The maximum absolute atomic E-state index is 13.5. The van der Waals surface area contributed by atoms with Crippen LogP contribution in [0.25, 0.3) is 21.8 Å². The molecule has 2 N–H and O–H groups in total. The largest absolute Gasteiger partial charge is 0.497 e. The van der Waals surface area contributed by atoms with E-state index in [2.05, 4.69) is 39.8 Å². The summed E-state index contributed by atoms with van der Waals surface area (Å²) in [4.78, 5) is 28.4. The normalized spacial score (nSPS) is 14.4. The Bertz CT molecular complexity index is 1600. The first-order valence-electron chi connectivity index (χ1n) is 12.3. The number of nitrogens with one attached hydrogen (secondary N) is 2. The van der Waals surface area contributed by atoms with Gasteiger partial charge in [-0.3, -0.25) is 19.3 Å². The predicted molar refractivity (Wildman–Crippen MR) is 142 cm³/mol. The Morgan fingerprint density at radius 2 is 1.86 bits per heavy atom. The van der Waals surface area contributed by atoms with Crippen molar-refractivity contribution in [3.8, 4) is 5.75 Å². The van der Waals surface area contributed by atoms with Gasteiger partial charge in [0, 0.05) is 29.9 Å². The number of fused-ring (bicyclic) bond motifs is 4. The summed E-state index contributed by atoms with van der Waals surface area (Å²) in [6, 6.07) is 23.6. The van der Waals surface area contributed by atoms with E-state index in [9.17, 15) is 9.59 Å². The highest BCUT2D eigenvalue weighted by Gasteiger charge is 2.33. The van der Waals surface area contributed by atoms with Crippen molar-refractivity contribution in [3.63, 3.8) is 0 Å². The van der Waals surface area contributed by atoms with Crippen LogP contribution in [0.15, 0.2) is 79.0 Å². The number of ether oxygens (including phenoxy) is 1. The van der Waals surface area contributed by atoms with Gasteiger partial charge >= 0.3 is 0 Å². The average molecular weight is 494 g/mol. The molecule has 2 aromatic heterocycles. The monoisotopic (exact) mass is 493 g/mol. The molecular weight excluding hydrogens is 466 g/mol. The van der Waals surface area contributed by atoms with Gasteiger partial charge in [-0.25, -0.2) is 0 Å². The van der Waals surface area contributed by atoms with Crippen LogP contribution in [0, 0.1) is 0 Å². The van der Waals surface area contributed by atoms with E-state index in [0.717, 1.165) is 33.8 Å². The molecule has 8 heteroatoms. The van der Waals surface area contributed by atoms with Crippen LogP contribution in [0.2, 0.25) is 0 Å². The lowest BCUT2D eigenvalue weighted by Crippen LogP contribution is -2.50. The molecule has 1 atom stereocenters. The van der Waals surface area contributed by atoms with Crippen molar-refractivity contribution >= 4 is 33.6 Å². The summed E-state index contributed by atoms with van der Waals surface area (Å²) in [7, 11) is 1.60. The standard InChI is InChI=1S/C29H27N5O3/c1-37-24-9-10-26-22(13-24)14-27-29(36)33(18-28(35)34(26)27)17-23(11-19-5-3-2-4-6-19)30-15-20-7-8-21-16-31-32-25(21)12-20/h2-10,12-14,16,23,30H,11,15,17-18H2,1H3,(H,31,32)/t23-/m0/s1. The molecule has 1 aliphatic heterocycles. The van der Waals surface area contributed by atoms with E-state index in [1.165, 1.54) is 10.1 Å². The summed E-state index contributed by atoms with van der Waals surface area (Å²) >= 11 is 0. The molecule has 3 aromatic carbocycles. The van der Waals surface area contributed by atoms with Crippen LogP contribution in [0.3, 0.4) is 0 Å². The van der Waals surface area contributed by atoms with E-state index in [1.807, 2.05) is 36.4 Å². The predicted octanol–water partition coefficient (Wildman–Crippen LogP) is 4.02. The molecule has 0 saturated carbocycles. The number of benzene rings is 3. The zero-order chi connectivity index (χ0) is 25.4. The van der Waals surface area contributed by atoms with Gasteiger partial charge in [-0.1, -0.05) is 42.5 Å². The summed E-state index contributed by atoms with van der Waals surface area (Å²) in [5.41, 5.74) is 4.38. The zero-order valence-corrected chi connectivity index (χ0v) is 20.5. The van der Waals surface area contributed by atoms with Crippen molar-refractivity contribution in [2.75, 3.05) is 20.2 Å². The molecule has 0 aliphatic carbocycles. The number of carbonyl (C=O) groups is 2. The minimum absolute atomic E-state index is 0.0364. The Labute approximate surface area is 213 Å². The molecule has 0 bridgehead atoms. The van der Waals surface area contributed by atoms with Gasteiger partial charge in [0.05, 0.1) is 24.3 Å². The minimum atomic E-state index is -0.145. The molecule has 3 heterocycles. The van der Waals surface area contributed by atoms with Crippen LogP contribution in [-0.2, 0) is 13.0 Å². The van der Waals surface area contributed by atoms with Crippen LogP contribution in [0.4, 0.5) is 0 Å². The minimum Gasteiger partial charge on any atom is -0.497 e. The molecule has 1 amide bonds. The summed E-state index contributed by atoms with van der Waals surface area (Å²) < 4.78 is 6.85. The first kappa shape index (κ1) is 23.0. The fraction of sp³-hybridized carbons (Fsp3) is 0.207. The highest BCUT2D eigenvalue weighted by molar-refractivity contribution is 6.09. The number of H-pyrrole nitrogens is 1. The fourth-order valence-electron chi connectivity index (χ4n) is 5.08. The maximum atomic E-state index is 13.5. The third-order valence-electron chi connectivity index (χ3n) is 6.96. The van der Waals surface area contributed by atoms with Crippen molar-refractivity contribution in [2.24, 2.45) is 0 Å². The third kappa shape index (κ3) is 4.47. The third-order valence-corrected chi connectivity index (χ3v) is 6.96. The number of hydrogen-bond donors (Lipinski definition) is 2. The average Bonchev–Trinajstić information content (AvgIpc) is 3.55. The number of carbonyl (C=O) groups excluding carboxylic acids is 2. The molecule has 0 saturated heterocycles. The van der Waals surface area contributed by atoms with Crippen LogP contribution in [-0.4, -0.2) is 57.7 Å². The second-order valence-electron chi connectivity index (χ2n) is 9.43. The summed E-state index contributed by atoms with van der Waals surface area (Å²) in [6.45, 7) is 1.08.